The molecule has 0 amide bonds. The Kier molecular flexibility index (Phi) is 5.00. The van der Waals surface area contributed by atoms with Crippen molar-refractivity contribution in [3.63, 3.8) is 0 Å². The lowest BCUT2D eigenvalue weighted by molar-refractivity contribution is -0.137. The van der Waals surface area contributed by atoms with E-state index in [9.17, 15) is 9.90 Å². The molecule has 1 atom stereocenters. The molecule has 4 rings (SSSR count). The number of carboxylic acid groups (broad SMARTS) is 1. The third-order valence-corrected chi connectivity index (χ3v) is 7.52. The van der Waals surface area contributed by atoms with Crippen molar-refractivity contribution in [1.29, 1.82) is 0 Å². The molecule has 0 saturated carbocycles. The number of carbonyl (C=O) groups is 1. The summed E-state index contributed by atoms with van der Waals surface area (Å²) in [4.78, 5) is 13.7. The molecule has 0 aromatic heterocycles. The summed E-state index contributed by atoms with van der Waals surface area (Å²) < 4.78 is -0.493. The molecular weight excluding hydrogens is 374 g/mol. The maximum absolute atomic E-state index is 11.4. The summed E-state index contributed by atoms with van der Waals surface area (Å²) in [6.07, 6.45) is 0. The summed E-state index contributed by atoms with van der Waals surface area (Å²) in [5, 5.41) is 9.31. The van der Waals surface area contributed by atoms with Crippen molar-refractivity contribution in [2.45, 2.75) is 20.6 Å². The number of fused-ring (bicyclic) bond motifs is 2. The van der Waals surface area contributed by atoms with Gasteiger partial charge in [0.15, 0.2) is 0 Å². The van der Waals surface area contributed by atoms with Crippen LogP contribution in [0.1, 0.15) is 16.7 Å². The van der Waals surface area contributed by atoms with Crippen molar-refractivity contribution in [1.82, 2.24) is 0 Å². The molecule has 0 aliphatic carbocycles. The van der Waals surface area contributed by atoms with E-state index in [4.69, 9.17) is 5.73 Å². The van der Waals surface area contributed by atoms with Crippen molar-refractivity contribution >= 4 is 29.5 Å². The second-order valence-corrected chi connectivity index (χ2v) is 8.72. The van der Waals surface area contributed by atoms with Crippen LogP contribution in [-0.2, 0) is 9.54 Å². The van der Waals surface area contributed by atoms with E-state index in [2.05, 4.69) is 36.4 Å². The lowest BCUT2D eigenvalue weighted by atomic mass is 9.83. The molecule has 3 nitrogen and oxygen atoms in total. The number of nitrogens with two attached hydrogens (primary N) is 1. The zero-order valence-corrected chi connectivity index (χ0v) is 16.2. The van der Waals surface area contributed by atoms with Gasteiger partial charge in [-0.3, -0.25) is 4.79 Å². The third kappa shape index (κ3) is 3.16. The van der Waals surface area contributed by atoms with E-state index in [-0.39, 0.29) is 0 Å². The number of rotatable bonds is 5. The summed E-state index contributed by atoms with van der Waals surface area (Å²) in [5.74, 6) is -0.658. The Morgan fingerprint density at radius 1 is 0.926 bits per heavy atom. The summed E-state index contributed by atoms with van der Waals surface area (Å²) in [7, 11) is 0. The van der Waals surface area contributed by atoms with Gasteiger partial charge in [-0.05, 0) is 28.8 Å². The van der Waals surface area contributed by atoms with Gasteiger partial charge in [-0.2, -0.15) is 0 Å². The molecule has 136 valence electrons. The highest BCUT2D eigenvalue weighted by atomic mass is 32.2. The van der Waals surface area contributed by atoms with Gasteiger partial charge in [0.2, 0.25) is 0 Å². The Hall–Kier alpha value is -2.21. The van der Waals surface area contributed by atoms with Gasteiger partial charge >= 0.3 is 5.97 Å². The van der Waals surface area contributed by atoms with Crippen molar-refractivity contribution in [3.05, 3.63) is 95.6 Å². The molecule has 0 bridgehead atoms. The Balaban J connectivity index is 1.96. The molecule has 1 unspecified atom stereocenters. The average Bonchev–Trinajstić information content (AvgIpc) is 2.71. The van der Waals surface area contributed by atoms with Gasteiger partial charge in [0.25, 0.3) is 0 Å². The highest BCUT2D eigenvalue weighted by Gasteiger charge is 2.43. The van der Waals surface area contributed by atoms with Crippen LogP contribution in [0, 0.1) is 0 Å². The normalized spacial score (nSPS) is 15.4. The first-order valence-corrected chi connectivity index (χ1v) is 10.5. The molecule has 0 spiro atoms. The zero-order valence-electron chi connectivity index (χ0n) is 14.5. The van der Waals surface area contributed by atoms with Crippen LogP contribution in [0.4, 0.5) is 0 Å². The minimum Gasteiger partial charge on any atom is -0.480 e. The van der Waals surface area contributed by atoms with Crippen LogP contribution >= 0.6 is 23.5 Å². The van der Waals surface area contributed by atoms with E-state index in [0.29, 0.717) is 5.75 Å². The fourth-order valence-electron chi connectivity index (χ4n) is 3.47. The smallest absolute Gasteiger partial charge is 0.321 e. The fourth-order valence-corrected chi connectivity index (χ4v) is 6.33. The van der Waals surface area contributed by atoms with E-state index in [0.717, 1.165) is 5.56 Å². The first-order chi connectivity index (χ1) is 13.1. The topological polar surface area (TPSA) is 63.3 Å². The predicted molar refractivity (Wildman–Crippen MR) is 111 cm³/mol. The van der Waals surface area contributed by atoms with E-state index in [1.54, 1.807) is 23.5 Å². The number of hydrogen-bond acceptors (Lipinski definition) is 4. The Bertz CT molecular complexity index is 929. The van der Waals surface area contributed by atoms with Crippen molar-refractivity contribution in [3.8, 4) is 0 Å². The Morgan fingerprint density at radius 2 is 1.44 bits per heavy atom. The van der Waals surface area contributed by atoms with Crippen LogP contribution in [0.5, 0.6) is 0 Å². The van der Waals surface area contributed by atoms with E-state index in [1.165, 1.54) is 20.9 Å². The van der Waals surface area contributed by atoms with Gasteiger partial charge < -0.3 is 10.8 Å². The number of carboxylic acids is 1. The van der Waals surface area contributed by atoms with Crippen LogP contribution in [0.25, 0.3) is 0 Å². The first-order valence-electron chi connectivity index (χ1n) is 8.67. The van der Waals surface area contributed by atoms with Gasteiger partial charge in [-0.15, -0.1) is 11.8 Å². The van der Waals surface area contributed by atoms with Crippen LogP contribution in [0.2, 0.25) is 0 Å². The summed E-state index contributed by atoms with van der Waals surface area (Å²) in [6, 6.07) is 26.1. The average molecular weight is 394 g/mol. The number of aliphatic carboxylic acids is 1. The van der Waals surface area contributed by atoms with Gasteiger partial charge in [0, 0.05) is 15.5 Å². The quantitative estimate of drug-likeness (QED) is 0.664. The van der Waals surface area contributed by atoms with Gasteiger partial charge in [0.05, 0.1) is 4.75 Å². The number of thioether (sulfide) groups is 1. The first kappa shape index (κ1) is 18.2. The van der Waals surface area contributed by atoms with Crippen LogP contribution < -0.4 is 5.73 Å². The highest BCUT2D eigenvalue weighted by Crippen LogP contribution is 2.57. The second kappa shape index (κ2) is 7.43. The molecule has 3 N–H and O–H groups in total. The summed E-state index contributed by atoms with van der Waals surface area (Å²) in [5.41, 5.74) is 9.38. The summed E-state index contributed by atoms with van der Waals surface area (Å²) >= 11 is 3.36. The van der Waals surface area contributed by atoms with Gasteiger partial charge in [-0.1, -0.05) is 78.5 Å². The van der Waals surface area contributed by atoms with Crippen LogP contribution in [0.3, 0.4) is 0 Å². The lowest BCUT2D eigenvalue weighted by Gasteiger charge is -2.41. The fraction of sp³-hybridized carbons (Fsp3) is 0.136. The number of hydrogen-bond donors (Lipinski definition) is 2. The molecule has 5 heteroatoms. The zero-order chi connectivity index (χ0) is 18.9. The predicted octanol–water partition coefficient (Wildman–Crippen LogP) is 4.59. The van der Waals surface area contributed by atoms with E-state index >= 15 is 0 Å². The maximum Gasteiger partial charge on any atom is 0.321 e. The highest BCUT2D eigenvalue weighted by molar-refractivity contribution is 8.01. The molecule has 1 aliphatic heterocycles. The summed E-state index contributed by atoms with van der Waals surface area (Å²) in [6.45, 7) is 0. The van der Waals surface area contributed by atoms with Crippen molar-refractivity contribution in [2.24, 2.45) is 5.73 Å². The molecule has 3 aromatic carbocycles. The molecule has 0 radical (unpaired) electrons. The third-order valence-electron chi connectivity index (χ3n) is 4.73. The molecular formula is C22H19NO2S2. The van der Waals surface area contributed by atoms with Gasteiger partial charge in [0.1, 0.15) is 6.04 Å². The monoisotopic (exact) mass is 393 g/mol. The molecule has 3 aromatic rings. The van der Waals surface area contributed by atoms with Crippen LogP contribution in [-0.4, -0.2) is 22.9 Å². The molecule has 27 heavy (non-hydrogen) atoms. The number of benzene rings is 3. The largest absolute Gasteiger partial charge is 0.480 e. The molecule has 0 fully saturated rings. The second-order valence-electron chi connectivity index (χ2n) is 6.40. The van der Waals surface area contributed by atoms with Crippen molar-refractivity contribution in [2.75, 3.05) is 5.75 Å². The SMILES string of the molecule is NC(CSC1(c2ccccc2)c2ccccc2Sc2ccccc21)C(=O)O. The van der Waals surface area contributed by atoms with E-state index < -0.39 is 16.8 Å². The van der Waals surface area contributed by atoms with E-state index in [1.807, 2.05) is 42.5 Å². The lowest BCUT2D eigenvalue weighted by Crippen LogP contribution is -2.37. The van der Waals surface area contributed by atoms with Crippen LogP contribution in [0.15, 0.2) is 88.7 Å². The molecule has 1 aliphatic rings. The standard InChI is InChI=1S/C22H19NO2S2/c23-18(21(24)25)14-26-22(15-8-2-1-3-9-15)16-10-4-6-12-19(16)27-20-13-7-5-11-17(20)22/h1-13,18H,14,23H2,(H,24,25). The Labute approximate surface area is 167 Å². The van der Waals surface area contributed by atoms with Gasteiger partial charge in [-0.25, -0.2) is 0 Å². The molecule has 1 heterocycles. The Morgan fingerprint density at radius 3 is 2.00 bits per heavy atom. The van der Waals surface area contributed by atoms with Crippen molar-refractivity contribution < 1.29 is 9.90 Å². The molecule has 0 saturated heterocycles. The minimum atomic E-state index is -0.975. The minimum absolute atomic E-state index is 0.317. The maximum atomic E-state index is 11.4.